The first-order valence-electron chi connectivity index (χ1n) is 14.5. The summed E-state index contributed by atoms with van der Waals surface area (Å²) >= 11 is 1.26. The molecule has 10 heteroatoms. The third-order valence-electron chi connectivity index (χ3n) is 6.85. The van der Waals surface area contributed by atoms with E-state index >= 15 is 0 Å². The number of hydrogen-bond donors (Lipinski definition) is 1. The second-order valence-electron chi connectivity index (χ2n) is 9.84. The van der Waals surface area contributed by atoms with Crippen LogP contribution in [-0.4, -0.2) is 48.2 Å². The Labute approximate surface area is 260 Å². The number of rotatable bonds is 13. The summed E-state index contributed by atoms with van der Waals surface area (Å²) in [6.45, 7) is 11.2. The average molecular weight is 615 g/mol. The molecule has 228 valence electrons. The van der Waals surface area contributed by atoms with Gasteiger partial charge in [-0.25, -0.2) is 4.98 Å². The molecule has 1 amide bonds. The second kappa shape index (κ2) is 13.6. The lowest BCUT2D eigenvalue weighted by molar-refractivity contribution is -0.132. The quantitative estimate of drug-likeness (QED) is 0.0737. The van der Waals surface area contributed by atoms with Crippen LogP contribution in [0.25, 0.3) is 16.0 Å². The van der Waals surface area contributed by atoms with Crippen LogP contribution in [0.5, 0.6) is 23.0 Å². The highest BCUT2D eigenvalue weighted by Crippen LogP contribution is 2.46. The lowest BCUT2D eigenvalue weighted by Gasteiger charge is -2.24. The number of thiazole rings is 1. The smallest absolute Gasteiger partial charge is 0.301 e. The molecular weight excluding hydrogens is 580 g/mol. The lowest BCUT2D eigenvalue weighted by Crippen LogP contribution is -2.29. The van der Waals surface area contributed by atoms with Crippen molar-refractivity contribution in [2.24, 2.45) is 0 Å². The van der Waals surface area contributed by atoms with Crippen LogP contribution in [0.15, 0.2) is 78.9 Å². The number of hydrogen-bond acceptors (Lipinski definition) is 9. The Morgan fingerprint density at radius 2 is 1.68 bits per heavy atom. The van der Waals surface area contributed by atoms with E-state index in [1.54, 1.807) is 48.5 Å². The van der Waals surface area contributed by atoms with Crippen molar-refractivity contribution in [1.29, 1.82) is 0 Å². The van der Waals surface area contributed by atoms with Gasteiger partial charge >= 0.3 is 5.91 Å². The first kappa shape index (κ1) is 30.6. The number of anilines is 1. The summed E-state index contributed by atoms with van der Waals surface area (Å²) < 4.78 is 23.8. The molecule has 1 atom stereocenters. The van der Waals surface area contributed by atoms with Crippen molar-refractivity contribution in [3.05, 3.63) is 90.0 Å². The predicted octanol–water partition coefficient (Wildman–Crippen LogP) is 7.07. The second-order valence-corrected chi connectivity index (χ2v) is 10.8. The molecule has 0 aliphatic carbocycles. The number of Topliss-reactive ketones (excluding diaryl/α,β-unsaturated/α-hetero) is 1. The molecule has 44 heavy (non-hydrogen) atoms. The molecule has 1 fully saturated rings. The first-order chi connectivity index (χ1) is 21.4. The number of amides is 1. The fourth-order valence-corrected chi connectivity index (χ4v) is 5.93. The van der Waals surface area contributed by atoms with Gasteiger partial charge in [0.05, 0.1) is 41.7 Å². The van der Waals surface area contributed by atoms with Crippen LogP contribution < -0.4 is 23.8 Å². The zero-order valence-corrected chi connectivity index (χ0v) is 25.7. The minimum absolute atomic E-state index is 0.0614. The zero-order chi connectivity index (χ0) is 31.2. The molecule has 9 nitrogen and oxygen atoms in total. The van der Waals surface area contributed by atoms with Gasteiger partial charge in [0.25, 0.3) is 5.78 Å². The minimum Gasteiger partial charge on any atom is -0.507 e. The molecule has 0 saturated carbocycles. The van der Waals surface area contributed by atoms with Crippen molar-refractivity contribution in [2.45, 2.75) is 33.2 Å². The predicted molar refractivity (Wildman–Crippen MR) is 171 cm³/mol. The molecule has 4 aromatic rings. The normalized spacial score (nSPS) is 15.9. The first-order valence-corrected chi connectivity index (χ1v) is 15.3. The number of ether oxygens (including phenoxy) is 4. The van der Waals surface area contributed by atoms with E-state index in [1.165, 1.54) is 16.2 Å². The average Bonchev–Trinajstić information content (AvgIpc) is 3.57. The Hall–Kier alpha value is -4.83. The molecule has 0 radical (unpaired) electrons. The van der Waals surface area contributed by atoms with Gasteiger partial charge in [0.15, 0.2) is 16.6 Å². The van der Waals surface area contributed by atoms with E-state index in [2.05, 4.69) is 6.58 Å². The van der Waals surface area contributed by atoms with Crippen LogP contribution in [0.4, 0.5) is 5.13 Å². The molecule has 1 aromatic heterocycles. The van der Waals surface area contributed by atoms with E-state index in [-0.39, 0.29) is 17.9 Å². The Balaban J connectivity index is 1.66. The standard InChI is InChI=1S/C34H34N2O7S/c1-5-17-42-23-12-9-21(10-13-23)31(37)29-30(22-11-16-26(43-18-6-2)27(19-22)41-8-4)36(33(39)32(29)38)34-35-25-15-14-24(40-7-3)20-28(25)44-34/h6,9-16,19-20,30,37H,2,5,7-8,17-18H2,1,3-4H3/b31-29+. The fourth-order valence-electron chi connectivity index (χ4n) is 4.91. The number of carbonyl (C=O) groups excluding carboxylic acids is 2. The van der Waals surface area contributed by atoms with Crippen molar-refractivity contribution in [3.8, 4) is 23.0 Å². The third-order valence-corrected chi connectivity index (χ3v) is 7.87. The number of aliphatic hydroxyl groups excluding tert-OH is 1. The van der Waals surface area contributed by atoms with E-state index in [4.69, 9.17) is 23.9 Å². The number of fused-ring (bicyclic) bond motifs is 1. The van der Waals surface area contributed by atoms with Gasteiger partial charge in [0.1, 0.15) is 23.9 Å². The zero-order valence-electron chi connectivity index (χ0n) is 24.9. The topological polar surface area (TPSA) is 107 Å². The molecule has 1 aliphatic rings. The van der Waals surface area contributed by atoms with Crippen LogP contribution in [0.3, 0.4) is 0 Å². The maximum atomic E-state index is 13.8. The van der Waals surface area contributed by atoms with E-state index in [1.807, 2.05) is 39.0 Å². The minimum atomic E-state index is -0.995. The Morgan fingerprint density at radius 3 is 2.39 bits per heavy atom. The Morgan fingerprint density at radius 1 is 0.932 bits per heavy atom. The number of ketones is 1. The molecular formula is C34H34N2O7S. The molecule has 1 saturated heterocycles. The molecule has 1 aliphatic heterocycles. The van der Waals surface area contributed by atoms with Gasteiger partial charge in [-0.1, -0.05) is 37.0 Å². The van der Waals surface area contributed by atoms with Crippen molar-refractivity contribution in [1.82, 2.24) is 4.98 Å². The largest absolute Gasteiger partial charge is 0.507 e. The van der Waals surface area contributed by atoms with Crippen LogP contribution in [0, 0.1) is 0 Å². The summed E-state index contributed by atoms with van der Waals surface area (Å²) in [5.74, 6) is 0.308. The highest BCUT2D eigenvalue weighted by molar-refractivity contribution is 7.22. The number of aliphatic hydroxyl groups is 1. The van der Waals surface area contributed by atoms with Gasteiger partial charge in [-0.05, 0) is 80.4 Å². The molecule has 5 rings (SSSR count). The number of carbonyl (C=O) groups is 2. The lowest BCUT2D eigenvalue weighted by atomic mass is 9.95. The van der Waals surface area contributed by atoms with Crippen molar-refractivity contribution in [3.63, 3.8) is 0 Å². The summed E-state index contributed by atoms with van der Waals surface area (Å²) in [6.07, 6.45) is 2.48. The monoisotopic (exact) mass is 614 g/mol. The third kappa shape index (κ3) is 6.12. The van der Waals surface area contributed by atoms with Crippen molar-refractivity contribution >= 4 is 44.1 Å². The summed E-state index contributed by atoms with van der Waals surface area (Å²) in [6, 6.07) is 16.4. The summed E-state index contributed by atoms with van der Waals surface area (Å²) in [7, 11) is 0. The van der Waals surface area contributed by atoms with Gasteiger partial charge in [-0.2, -0.15) is 0 Å². The molecule has 1 N–H and O–H groups in total. The SMILES string of the molecule is C=CCOc1ccc(C2/C(=C(\O)c3ccc(OCCC)cc3)C(=O)C(=O)N2c2nc3ccc(OCC)cc3s2)cc1OCC. The molecule has 3 aromatic carbocycles. The van der Waals surface area contributed by atoms with E-state index in [9.17, 15) is 14.7 Å². The van der Waals surface area contributed by atoms with Crippen molar-refractivity contribution in [2.75, 3.05) is 31.3 Å². The maximum Gasteiger partial charge on any atom is 0.301 e. The summed E-state index contributed by atoms with van der Waals surface area (Å²) in [4.78, 5) is 33.5. The molecule has 1 unspecified atom stereocenters. The van der Waals surface area contributed by atoms with E-state index in [0.29, 0.717) is 64.6 Å². The molecule has 2 heterocycles. The Kier molecular flexibility index (Phi) is 9.50. The number of nitrogens with zero attached hydrogens (tertiary/aromatic N) is 2. The summed E-state index contributed by atoms with van der Waals surface area (Å²) in [5.41, 5.74) is 1.50. The van der Waals surface area contributed by atoms with Gasteiger partial charge in [-0.15, -0.1) is 0 Å². The van der Waals surface area contributed by atoms with Crippen LogP contribution in [0.1, 0.15) is 44.4 Å². The van der Waals surface area contributed by atoms with Gasteiger partial charge in [0.2, 0.25) is 0 Å². The van der Waals surface area contributed by atoms with Crippen LogP contribution in [-0.2, 0) is 9.59 Å². The Bertz CT molecular complexity index is 1710. The summed E-state index contributed by atoms with van der Waals surface area (Å²) in [5, 5.41) is 11.9. The molecule has 0 spiro atoms. The van der Waals surface area contributed by atoms with Gasteiger partial charge < -0.3 is 24.1 Å². The highest BCUT2D eigenvalue weighted by Gasteiger charge is 2.48. The van der Waals surface area contributed by atoms with E-state index in [0.717, 1.165) is 11.1 Å². The number of benzene rings is 3. The highest BCUT2D eigenvalue weighted by atomic mass is 32.1. The van der Waals surface area contributed by atoms with Gasteiger partial charge in [0, 0.05) is 5.56 Å². The van der Waals surface area contributed by atoms with E-state index < -0.39 is 17.7 Å². The molecule has 0 bridgehead atoms. The van der Waals surface area contributed by atoms with Gasteiger partial charge in [-0.3, -0.25) is 14.5 Å². The van der Waals surface area contributed by atoms with Crippen molar-refractivity contribution < 1.29 is 33.6 Å². The van der Waals surface area contributed by atoms with Crippen LogP contribution >= 0.6 is 11.3 Å². The maximum absolute atomic E-state index is 13.8. The number of aromatic nitrogens is 1. The van der Waals surface area contributed by atoms with Crippen LogP contribution in [0.2, 0.25) is 0 Å². The fraction of sp³-hybridized carbons (Fsp3) is 0.265.